The van der Waals surface area contributed by atoms with Crippen LogP contribution in [0.2, 0.25) is 0 Å². The van der Waals surface area contributed by atoms with Crippen LogP contribution in [0.25, 0.3) is 10.8 Å². The summed E-state index contributed by atoms with van der Waals surface area (Å²) in [6.07, 6.45) is 1.51. The average Bonchev–Trinajstić information content (AvgIpc) is 2.91. The molecule has 4 aromatic carbocycles. The topological polar surface area (TPSA) is 115 Å². The van der Waals surface area contributed by atoms with E-state index in [0.29, 0.717) is 17.1 Å². The fourth-order valence-corrected chi connectivity index (χ4v) is 3.46. The summed E-state index contributed by atoms with van der Waals surface area (Å²) in [5, 5.41) is 20.1. The van der Waals surface area contributed by atoms with Gasteiger partial charge in [0, 0.05) is 17.8 Å². The number of fused-ring (bicyclic) bond motifs is 1. The van der Waals surface area contributed by atoms with E-state index in [1.807, 2.05) is 42.5 Å². The second kappa shape index (κ2) is 11.5. The van der Waals surface area contributed by atoms with Gasteiger partial charge < -0.3 is 14.8 Å². The van der Waals surface area contributed by atoms with Crippen molar-refractivity contribution >= 4 is 34.3 Å². The van der Waals surface area contributed by atoms with Crippen LogP contribution in [0.15, 0.2) is 90.0 Å². The molecule has 4 aromatic rings. The van der Waals surface area contributed by atoms with E-state index in [2.05, 4.69) is 15.8 Å². The number of nitro groups is 1. The van der Waals surface area contributed by atoms with Crippen LogP contribution in [-0.4, -0.2) is 30.7 Å². The van der Waals surface area contributed by atoms with E-state index in [1.165, 1.54) is 25.5 Å². The van der Waals surface area contributed by atoms with Crippen molar-refractivity contribution in [2.45, 2.75) is 6.61 Å². The van der Waals surface area contributed by atoms with Gasteiger partial charge in [0.2, 0.25) is 0 Å². The number of hydrogen-bond donors (Lipinski definition) is 2. The van der Waals surface area contributed by atoms with Gasteiger partial charge in [0.05, 0.1) is 24.8 Å². The van der Waals surface area contributed by atoms with Gasteiger partial charge in [-0.2, -0.15) is 5.10 Å². The fraction of sp³-hybridized carbons (Fsp3) is 0.111. The maximum atomic E-state index is 12.2. The summed E-state index contributed by atoms with van der Waals surface area (Å²) in [6.45, 7) is 0.272. The number of hydrazone groups is 1. The minimum Gasteiger partial charge on any atom is -0.493 e. The van der Waals surface area contributed by atoms with Crippen LogP contribution in [0.5, 0.6) is 11.5 Å². The summed E-state index contributed by atoms with van der Waals surface area (Å²) < 4.78 is 11.2. The van der Waals surface area contributed by atoms with Gasteiger partial charge in [-0.3, -0.25) is 14.9 Å². The minimum atomic E-state index is -0.450. The lowest BCUT2D eigenvalue weighted by Gasteiger charge is -2.11. The summed E-state index contributed by atoms with van der Waals surface area (Å²) >= 11 is 0. The number of amides is 1. The smallest absolute Gasteiger partial charge is 0.269 e. The Labute approximate surface area is 207 Å². The molecule has 0 aromatic heterocycles. The van der Waals surface area contributed by atoms with Gasteiger partial charge in [0.1, 0.15) is 6.61 Å². The van der Waals surface area contributed by atoms with Crippen LogP contribution in [0.1, 0.15) is 11.1 Å². The normalized spacial score (nSPS) is 10.8. The van der Waals surface area contributed by atoms with Crippen molar-refractivity contribution in [2.75, 3.05) is 19.0 Å². The summed E-state index contributed by atoms with van der Waals surface area (Å²) in [4.78, 5) is 22.5. The summed E-state index contributed by atoms with van der Waals surface area (Å²) in [7, 11) is 1.53. The van der Waals surface area contributed by atoms with E-state index in [-0.39, 0.29) is 24.7 Å². The van der Waals surface area contributed by atoms with Crippen molar-refractivity contribution in [1.82, 2.24) is 5.43 Å². The first-order chi connectivity index (χ1) is 17.5. The Hall–Kier alpha value is -4.92. The molecule has 9 heteroatoms. The largest absolute Gasteiger partial charge is 0.493 e. The molecular formula is C27H24N4O5. The van der Waals surface area contributed by atoms with Crippen LogP contribution in [0, 0.1) is 10.1 Å². The molecule has 4 rings (SSSR count). The third-order valence-corrected chi connectivity index (χ3v) is 5.33. The number of benzene rings is 4. The molecule has 0 spiro atoms. The molecule has 0 saturated carbocycles. The molecule has 0 fully saturated rings. The Kier molecular flexibility index (Phi) is 7.72. The Morgan fingerprint density at radius 3 is 2.50 bits per heavy atom. The highest BCUT2D eigenvalue weighted by Crippen LogP contribution is 2.28. The van der Waals surface area contributed by atoms with E-state index in [1.54, 1.807) is 30.3 Å². The molecule has 0 atom stereocenters. The number of non-ortho nitro benzene ring substituents is 1. The third-order valence-electron chi connectivity index (χ3n) is 5.33. The average molecular weight is 485 g/mol. The number of nitro benzene ring substituents is 1. The molecule has 0 unspecified atom stereocenters. The lowest BCUT2D eigenvalue weighted by atomic mass is 10.1. The Morgan fingerprint density at radius 2 is 1.75 bits per heavy atom. The Bertz CT molecular complexity index is 1400. The van der Waals surface area contributed by atoms with Crippen molar-refractivity contribution in [1.29, 1.82) is 0 Å². The van der Waals surface area contributed by atoms with Crippen LogP contribution >= 0.6 is 0 Å². The molecule has 0 aliphatic heterocycles. The van der Waals surface area contributed by atoms with Crippen molar-refractivity contribution < 1.29 is 19.2 Å². The van der Waals surface area contributed by atoms with Gasteiger partial charge in [0.25, 0.3) is 11.6 Å². The summed E-state index contributed by atoms with van der Waals surface area (Å²) in [6, 6.07) is 25.3. The van der Waals surface area contributed by atoms with Crippen LogP contribution in [0.4, 0.5) is 11.4 Å². The zero-order valence-corrected chi connectivity index (χ0v) is 19.5. The van der Waals surface area contributed by atoms with Crippen LogP contribution < -0.4 is 20.2 Å². The molecule has 36 heavy (non-hydrogen) atoms. The van der Waals surface area contributed by atoms with Gasteiger partial charge in [-0.1, -0.05) is 30.3 Å². The van der Waals surface area contributed by atoms with Gasteiger partial charge in [0.15, 0.2) is 11.5 Å². The highest BCUT2D eigenvalue weighted by Gasteiger charge is 2.08. The standard InChI is InChI=1S/C27H24N4O5/c1-35-25-13-8-20(14-26(25)36-18-19-6-11-24(12-7-19)31(33)34)16-29-30-27(32)17-28-23-10-9-21-4-2-3-5-22(21)15-23/h2-16,28H,17-18H2,1H3,(H,30,32). The van der Waals surface area contributed by atoms with Crippen molar-refractivity contribution in [3.8, 4) is 11.5 Å². The number of hydrogen-bond acceptors (Lipinski definition) is 7. The predicted octanol–water partition coefficient (Wildman–Crippen LogP) is 4.90. The number of methoxy groups -OCH3 is 1. The zero-order chi connectivity index (χ0) is 25.3. The van der Waals surface area contributed by atoms with E-state index < -0.39 is 4.92 Å². The monoisotopic (exact) mass is 484 g/mol. The van der Waals surface area contributed by atoms with Gasteiger partial charge in [-0.05, 0) is 64.4 Å². The van der Waals surface area contributed by atoms with Crippen molar-refractivity contribution in [3.63, 3.8) is 0 Å². The van der Waals surface area contributed by atoms with Crippen molar-refractivity contribution in [3.05, 3.63) is 106 Å². The van der Waals surface area contributed by atoms with Gasteiger partial charge in [-0.15, -0.1) is 0 Å². The number of carbonyl (C=O) groups excluding carboxylic acids is 1. The molecule has 1 amide bonds. The highest BCUT2D eigenvalue weighted by atomic mass is 16.6. The maximum Gasteiger partial charge on any atom is 0.269 e. The molecule has 0 aliphatic rings. The first-order valence-corrected chi connectivity index (χ1v) is 11.1. The molecule has 0 radical (unpaired) electrons. The molecule has 9 nitrogen and oxygen atoms in total. The number of ether oxygens (including phenoxy) is 2. The quantitative estimate of drug-likeness (QED) is 0.188. The first-order valence-electron chi connectivity index (χ1n) is 11.1. The molecule has 0 aliphatic carbocycles. The summed E-state index contributed by atoms with van der Waals surface area (Å²) in [5.74, 6) is 0.712. The van der Waals surface area contributed by atoms with E-state index >= 15 is 0 Å². The molecular weight excluding hydrogens is 460 g/mol. The van der Waals surface area contributed by atoms with Gasteiger partial charge >= 0.3 is 0 Å². The first kappa shape index (κ1) is 24.2. The molecule has 182 valence electrons. The highest BCUT2D eigenvalue weighted by molar-refractivity contribution is 5.87. The molecule has 2 N–H and O–H groups in total. The fourth-order valence-electron chi connectivity index (χ4n) is 3.46. The number of carbonyl (C=O) groups is 1. The number of nitrogens with zero attached hydrogens (tertiary/aromatic N) is 2. The minimum absolute atomic E-state index is 0.0176. The maximum absolute atomic E-state index is 12.2. The second-order valence-electron chi connectivity index (χ2n) is 7.83. The van der Waals surface area contributed by atoms with Crippen LogP contribution in [0.3, 0.4) is 0 Å². The lowest BCUT2D eigenvalue weighted by Crippen LogP contribution is -2.25. The van der Waals surface area contributed by atoms with E-state index in [0.717, 1.165) is 22.0 Å². The zero-order valence-electron chi connectivity index (χ0n) is 19.5. The Balaban J connectivity index is 1.31. The molecule has 0 bridgehead atoms. The van der Waals surface area contributed by atoms with Crippen molar-refractivity contribution in [2.24, 2.45) is 5.10 Å². The Morgan fingerprint density at radius 1 is 0.972 bits per heavy atom. The van der Waals surface area contributed by atoms with Gasteiger partial charge in [-0.25, -0.2) is 5.43 Å². The van der Waals surface area contributed by atoms with Crippen LogP contribution in [-0.2, 0) is 11.4 Å². The SMILES string of the molecule is COc1ccc(C=NNC(=O)CNc2ccc3ccccc3c2)cc1OCc1ccc([N+](=O)[O-])cc1. The third kappa shape index (κ3) is 6.35. The van der Waals surface area contributed by atoms with E-state index in [4.69, 9.17) is 9.47 Å². The molecule has 0 saturated heterocycles. The molecule has 0 heterocycles. The summed E-state index contributed by atoms with van der Waals surface area (Å²) in [5.41, 5.74) is 4.83. The lowest BCUT2D eigenvalue weighted by molar-refractivity contribution is -0.384. The predicted molar refractivity (Wildman–Crippen MR) is 139 cm³/mol. The van der Waals surface area contributed by atoms with E-state index in [9.17, 15) is 14.9 Å². The number of anilines is 1. The number of rotatable bonds is 10. The number of nitrogens with one attached hydrogen (secondary N) is 2. The second-order valence-corrected chi connectivity index (χ2v) is 7.83.